The van der Waals surface area contributed by atoms with E-state index in [0.717, 1.165) is 25.7 Å². The highest BCUT2D eigenvalue weighted by molar-refractivity contribution is 5.74. The molecule has 0 fully saturated rings. The average molecular weight is 607 g/mol. The summed E-state index contributed by atoms with van der Waals surface area (Å²) in [6.45, 7) is 15.3. The van der Waals surface area contributed by atoms with Crippen LogP contribution in [0.4, 0.5) is 0 Å². The number of carbonyl (C=O) groups is 1. The number of carboxylic acids is 1. The Morgan fingerprint density at radius 3 is 0.930 bits per heavy atom. The zero-order valence-corrected chi connectivity index (χ0v) is 30.7. The number of hydrogen-bond acceptors (Lipinski definition) is 1. The predicted molar refractivity (Wildman–Crippen MR) is 195 cm³/mol. The van der Waals surface area contributed by atoms with E-state index in [4.69, 9.17) is 0 Å². The van der Waals surface area contributed by atoms with E-state index in [1.54, 1.807) is 0 Å². The van der Waals surface area contributed by atoms with Gasteiger partial charge < -0.3 is 5.11 Å². The van der Waals surface area contributed by atoms with Crippen molar-refractivity contribution in [2.24, 2.45) is 5.41 Å². The molecule has 0 spiro atoms. The monoisotopic (exact) mass is 607 g/mol. The molecule has 2 heteroatoms. The van der Waals surface area contributed by atoms with Crippen LogP contribution in [0.3, 0.4) is 0 Å². The van der Waals surface area contributed by atoms with E-state index in [1.807, 2.05) is 6.92 Å². The van der Waals surface area contributed by atoms with E-state index in [-0.39, 0.29) is 0 Å². The highest BCUT2D eigenvalue weighted by Crippen LogP contribution is 2.32. The minimum atomic E-state index is -0.589. The molecule has 0 aliphatic heterocycles. The highest BCUT2D eigenvalue weighted by atomic mass is 16.4. The fourth-order valence-corrected chi connectivity index (χ4v) is 6.07. The van der Waals surface area contributed by atoms with Gasteiger partial charge in [0.05, 0.1) is 5.41 Å². The fraction of sp³-hybridized carbons (Fsp3) is 0.927. The van der Waals surface area contributed by atoms with Crippen LogP contribution in [-0.4, -0.2) is 11.1 Å². The van der Waals surface area contributed by atoms with Gasteiger partial charge in [-0.05, 0) is 45.4 Å². The van der Waals surface area contributed by atoms with Crippen LogP contribution >= 0.6 is 0 Å². The van der Waals surface area contributed by atoms with Gasteiger partial charge in [-0.2, -0.15) is 0 Å². The molecular weight excluding hydrogens is 524 g/mol. The summed E-state index contributed by atoms with van der Waals surface area (Å²) in [5.74, 6) is -0.589. The Bertz CT molecular complexity index is 568. The van der Waals surface area contributed by atoms with Gasteiger partial charge >= 0.3 is 5.97 Å². The maximum absolute atomic E-state index is 11.6. The van der Waals surface area contributed by atoms with Crippen molar-refractivity contribution in [2.45, 2.75) is 240 Å². The molecule has 0 aliphatic rings. The Hall–Kier alpha value is -0.790. The molecule has 0 heterocycles. The van der Waals surface area contributed by atoms with Crippen LogP contribution < -0.4 is 0 Å². The van der Waals surface area contributed by atoms with Gasteiger partial charge in [0.25, 0.3) is 0 Å². The molecule has 0 bridgehead atoms. The second-order valence-corrected chi connectivity index (χ2v) is 14.1. The number of unbranched alkanes of at least 4 members (excludes halogenated alkanes) is 24. The summed E-state index contributed by atoms with van der Waals surface area (Å²) in [6.07, 6.45) is 41.7. The Morgan fingerprint density at radius 1 is 0.442 bits per heavy atom. The lowest BCUT2D eigenvalue weighted by atomic mass is 9.80. The van der Waals surface area contributed by atoms with Gasteiger partial charge in [-0.25, -0.2) is 0 Å². The molecule has 0 aromatic heterocycles. The van der Waals surface area contributed by atoms with Crippen molar-refractivity contribution in [3.05, 3.63) is 12.2 Å². The topological polar surface area (TPSA) is 37.3 Å². The normalized spacial score (nSPS) is 12.5. The third-order valence-electron chi connectivity index (χ3n) is 9.45. The van der Waals surface area contributed by atoms with Crippen molar-refractivity contribution in [3.8, 4) is 0 Å². The van der Waals surface area contributed by atoms with E-state index < -0.39 is 11.4 Å². The number of allylic oxidation sites excluding steroid dienone is 1. The molecule has 1 unspecified atom stereocenters. The van der Waals surface area contributed by atoms with Gasteiger partial charge in [0.15, 0.2) is 0 Å². The predicted octanol–water partition coefficient (Wildman–Crippen LogP) is 15.2. The van der Waals surface area contributed by atoms with E-state index >= 15 is 0 Å². The molecule has 0 aliphatic carbocycles. The van der Waals surface area contributed by atoms with E-state index in [1.165, 1.54) is 185 Å². The van der Waals surface area contributed by atoms with Crippen LogP contribution in [-0.2, 0) is 4.79 Å². The maximum Gasteiger partial charge on any atom is 0.309 e. The van der Waals surface area contributed by atoms with Gasteiger partial charge in [0.2, 0.25) is 0 Å². The van der Waals surface area contributed by atoms with Crippen LogP contribution in [0.5, 0.6) is 0 Å². The summed E-state index contributed by atoms with van der Waals surface area (Å²) in [6, 6.07) is 0. The fourth-order valence-electron chi connectivity index (χ4n) is 6.07. The Kier molecular flexibility index (Phi) is 36.8. The molecule has 258 valence electrons. The molecule has 43 heavy (non-hydrogen) atoms. The standard InChI is InChI=1S/C21H42O2.C20H40/c1-4-6-8-10-12-13-15-17-19-21(3,20(22)23)18-16-14-11-9-7-5-2;1-4-6-8-10-12-13-15-17-19-20(3)18-16-14-11-9-7-5-2/h4-19H2,1-3H3,(H,22,23);3-19H2,1-2H3. The third kappa shape index (κ3) is 33.9. The third-order valence-corrected chi connectivity index (χ3v) is 9.45. The van der Waals surface area contributed by atoms with Gasteiger partial charge in [-0.15, -0.1) is 0 Å². The first-order valence-electron chi connectivity index (χ1n) is 19.8. The Labute approximate surface area is 273 Å². The Balaban J connectivity index is 0. The van der Waals surface area contributed by atoms with Crippen LogP contribution in [0.25, 0.3) is 0 Å². The lowest BCUT2D eigenvalue weighted by Crippen LogP contribution is -2.27. The number of rotatable bonds is 33. The second-order valence-electron chi connectivity index (χ2n) is 14.1. The molecule has 1 atom stereocenters. The quantitative estimate of drug-likeness (QED) is 0.0596. The Morgan fingerprint density at radius 2 is 0.674 bits per heavy atom. The first-order chi connectivity index (χ1) is 20.9. The molecule has 0 saturated carbocycles. The van der Waals surface area contributed by atoms with Gasteiger partial charge in [-0.1, -0.05) is 207 Å². The lowest BCUT2D eigenvalue weighted by molar-refractivity contribution is -0.149. The molecule has 0 rings (SSSR count). The maximum atomic E-state index is 11.6. The summed E-state index contributed by atoms with van der Waals surface area (Å²) < 4.78 is 0. The summed E-state index contributed by atoms with van der Waals surface area (Å²) in [7, 11) is 0. The summed E-state index contributed by atoms with van der Waals surface area (Å²) in [5.41, 5.74) is 1.01. The number of hydrogen-bond donors (Lipinski definition) is 1. The van der Waals surface area contributed by atoms with Crippen LogP contribution in [0, 0.1) is 5.41 Å². The van der Waals surface area contributed by atoms with Crippen molar-refractivity contribution in [1.29, 1.82) is 0 Å². The lowest BCUT2D eigenvalue weighted by Gasteiger charge is -2.24. The van der Waals surface area contributed by atoms with Crippen molar-refractivity contribution < 1.29 is 9.90 Å². The molecule has 0 amide bonds. The summed E-state index contributed by atoms with van der Waals surface area (Å²) in [4.78, 5) is 11.6. The molecular formula is C41H82O2. The molecule has 0 radical (unpaired) electrons. The van der Waals surface area contributed by atoms with Crippen molar-refractivity contribution in [1.82, 2.24) is 0 Å². The van der Waals surface area contributed by atoms with Crippen LogP contribution in [0.1, 0.15) is 240 Å². The van der Waals surface area contributed by atoms with Gasteiger partial charge in [0, 0.05) is 0 Å². The summed E-state index contributed by atoms with van der Waals surface area (Å²) in [5, 5.41) is 9.57. The molecule has 0 aromatic rings. The zero-order chi connectivity index (χ0) is 32.3. The number of aliphatic carboxylic acids is 1. The SMILES string of the molecule is C=C(CCCCCCCC)CCCCCCCCCC.CCCCCCCCCCC(C)(CCCCCCCC)C(=O)O. The summed E-state index contributed by atoms with van der Waals surface area (Å²) >= 11 is 0. The minimum Gasteiger partial charge on any atom is -0.481 e. The van der Waals surface area contributed by atoms with Gasteiger partial charge in [-0.3, -0.25) is 4.79 Å². The molecule has 1 N–H and O–H groups in total. The van der Waals surface area contributed by atoms with Crippen LogP contribution in [0.15, 0.2) is 12.2 Å². The van der Waals surface area contributed by atoms with E-state index in [2.05, 4.69) is 34.3 Å². The second kappa shape index (κ2) is 35.7. The van der Waals surface area contributed by atoms with E-state index in [9.17, 15) is 9.90 Å². The van der Waals surface area contributed by atoms with Crippen molar-refractivity contribution >= 4 is 5.97 Å². The largest absolute Gasteiger partial charge is 0.481 e. The van der Waals surface area contributed by atoms with Gasteiger partial charge in [0.1, 0.15) is 0 Å². The minimum absolute atomic E-state index is 0.493. The zero-order valence-electron chi connectivity index (χ0n) is 30.7. The van der Waals surface area contributed by atoms with E-state index in [0.29, 0.717) is 0 Å². The molecule has 2 nitrogen and oxygen atoms in total. The smallest absolute Gasteiger partial charge is 0.309 e. The molecule has 0 aromatic carbocycles. The first-order valence-corrected chi connectivity index (χ1v) is 19.8. The first kappa shape index (κ1) is 44.3. The highest BCUT2D eigenvalue weighted by Gasteiger charge is 2.31. The molecule has 0 saturated heterocycles. The van der Waals surface area contributed by atoms with Crippen molar-refractivity contribution in [3.63, 3.8) is 0 Å². The van der Waals surface area contributed by atoms with Crippen LogP contribution in [0.2, 0.25) is 0 Å². The van der Waals surface area contributed by atoms with Crippen molar-refractivity contribution in [2.75, 3.05) is 0 Å². The number of carboxylic acid groups (broad SMARTS) is 1. The average Bonchev–Trinajstić information content (AvgIpc) is 2.99.